The van der Waals surface area contributed by atoms with Gasteiger partial charge in [0.05, 0.1) is 18.6 Å². The van der Waals surface area contributed by atoms with E-state index in [-0.39, 0.29) is 94.4 Å². The lowest BCUT2D eigenvalue weighted by molar-refractivity contribution is -0.145. The molecule has 2 aromatic carbocycles. The van der Waals surface area contributed by atoms with E-state index in [9.17, 15) is 87.9 Å². The number of carbonyl (C=O) groups is 13. The summed E-state index contributed by atoms with van der Waals surface area (Å²) in [7, 11) is 0. The zero-order chi connectivity index (χ0) is 68.2. The van der Waals surface area contributed by atoms with Gasteiger partial charge < -0.3 is 95.9 Å². The summed E-state index contributed by atoms with van der Waals surface area (Å²) in [5.74, 6) is -15.2. The topological polar surface area (TPSA) is 539 Å². The maximum atomic E-state index is 14.9. The third-order valence-corrected chi connectivity index (χ3v) is 14.4. The molecular formula is C59H88N14O18. The Labute approximate surface area is 525 Å². The second kappa shape index (κ2) is 37.5. The van der Waals surface area contributed by atoms with Gasteiger partial charge in [-0.25, -0.2) is 4.79 Å². The van der Waals surface area contributed by atoms with Gasteiger partial charge in [0, 0.05) is 38.8 Å². The molecule has 0 aromatic heterocycles. The number of rotatable bonds is 39. The molecule has 2 aromatic rings. The van der Waals surface area contributed by atoms with Crippen molar-refractivity contribution in [3.05, 3.63) is 65.7 Å². The van der Waals surface area contributed by atoms with Crippen LogP contribution in [-0.2, 0) is 75.2 Å². The molecule has 10 amide bonds. The van der Waals surface area contributed by atoms with E-state index in [1.807, 2.05) is 0 Å². The van der Waals surface area contributed by atoms with Crippen molar-refractivity contribution in [2.75, 3.05) is 13.1 Å². The average Bonchev–Trinajstić information content (AvgIpc) is 1.84. The van der Waals surface area contributed by atoms with Crippen LogP contribution in [0.4, 0.5) is 0 Å². The molecule has 1 aliphatic rings. The molecule has 32 nitrogen and oxygen atoms in total. The summed E-state index contributed by atoms with van der Waals surface area (Å²) in [6.45, 7) is 8.14. The van der Waals surface area contributed by atoms with Crippen LogP contribution in [0.15, 0.2) is 59.6 Å². The van der Waals surface area contributed by atoms with Gasteiger partial charge >= 0.3 is 17.9 Å². The molecule has 11 atom stereocenters. The summed E-state index contributed by atoms with van der Waals surface area (Å²) in [4.78, 5) is 180. The van der Waals surface area contributed by atoms with E-state index in [2.05, 4.69) is 47.5 Å². The number of phenols is 1. The Bertz CT molecular complexity index is 2890. The van der Waals surface area contributed by atoms with Crippen LogP contribution in [0.2, 0.25) is 0 Å². The molecule has 0 saturated carbocycles. The maximum Gasteiger partial charge on any atom is 0.328 e. The van der Waals surface area contributed by atoms with Gasteiger partial charge in [-0.1, -0.05) is 70.2 Å². The number of aromatic hydroxyl groups is 1. The van der Waals surface area contributed by atoms with Crippen molar-refractivity contribution in [1.29, 1.82) is 0 Å². The van der Waals surface area contributed by atoms with Gasteiger partial charge in [-0.15, -0.1) is 0 Å². The van der Waals surface area contributed by atoms with Crippen molar-refractivity contribution in [3.63, 3.8) is 0 Å². The summed E-state index contributed by atoms with van der Waals surface area (Å²) in [6, 6.07) is -2.14. The fraction of sp³-hybridized carbons (Fsp3) is 0.559. The van der Waals surface area contributed by atoms with Crippen LogP contribution in [-0.4, -0.2) is 193 Å². The van der Waals surface area contributed by atoms with Crippen LogP contribution in [0.25, 0.3) is 0 Å². The van der Waals surface area contributed by atoms with E-state index in [0.717, 1.165) is 11.8 Å². The first-order valence-corrected chi connectivity index (χ1v) is 29.8. The molecule has 0 radical (unpaired) electrons. The van der Waals surface area contributed by atoms with Crippen LogP contribution in [0.3, 0.4) is 0 Å². The number of aliphatic hydroxyl groups is 1. The predicted octanol–water partition coefficient (Wildman–Crippen LogP) is -3.41. The Morgan fingerprint density at radius 2 is 1.04 bits per heavy atom. The minimum absolute atomic E-state index is 0.00694. The maximum absolute atomic E-state index is 14.9. The number of aliphatic imine (C=N–C) groups is 1. The Kier molecular flexibility index (Phi) is 31.2. The Hall–Kier alpha value is -9.46. The van der Waals surface area contributed by atoms with Crippen molar-refractivity contribution in [1.82, 2.24) is 47.4 Å². The number of likely N-dealkylation sites (tertiary alicyclic amines) is 1. The lowest BCUT2D eigenvalue weighted by Crippen LogP contribution is -2.61. The number of aliphatic carboxylic acids is 3. The molecule has 0 aliphatic carbocycles. The molecule has 0 spiro atoms. The average molecular weight is 1280 g/mol. The number of amides is 10. The van der Waals surface area contributed by atoms with Gasteiger partial charge in [-0.2, -0.15) is 0 Å². The van der Waals surface area contributed by atoms with E-state index in [1.165, 1.54) is 24.3 Å². The highest BCUT2D eigenvalue weighted by molar-refractivity contribution is 6.00. The monoisotopic (exact) mass is 1280 g/mol. The Morgan fingerprint density at radius 1 is 0.560 bits per heavy atom. The van der Waals surface area contributed by atoms with Gasteiger partial charge in [-0.05, 0) is 93.4 Å². The van der Waals surface area contributed by atoms with Crippen LogP contribution in [0.5, 0.6) is 5.75 Å². The van der Waals surface area contributed by atoms with Gasteiger partial charge in [0.1, 0.15) is 54.1 Å². The highest BCUT2D eigenvalue weighted by atomic mass is 16.4. The molecule has 1 aliphatic heterocycles. The number of nitrogens with one attached hydrogen (secondary N) is 8. The van der Waals surface area contributed by atoms with Crippen molar-refractivity contribution in [2.45, 2.75) is 185 Å². The van der Waals surface area contributed by atoms with E-state index < -0.39 is 169 Å². The fourth-order valence-corrected chi connectivity index (χ4v) is 9.75. The SMILES string of the molecule is CC(C)C[C@H](NC(=O)[C@H](CCCN=C(N)N)NC(=O)[C@@H]1CCCN1C(=O)[C@H](Cc1ccccc1)NC(=O)[C@H](CCC(=O)O)NC(=O)[C@H](CC(=O)O)NC(=O)[C@H](Cc1ccc(O)cc1)NC(=O)[C@H](CCC(N)=O)NC(=O)[C@@H](N)CC(C)C)C(=O)N[C@H](C(=O)O)[C@@H](C)O. The quantitative estimate of drug-likeness (QED) is 0.0176. The normalized spacial score (nSPS) is 16.1. The number of aliphatic hydroxyl groups excluding tert-OH is 1. The van der Waals surface area contributed by atoms with Crippen LogP contribution < -0.4 is 65.5 Å². The third-order valence-electron chi connectivity index (χ3n) is 14.4. The smallest absolute Gasteiger partial charge is 0.328 e. The van der Waals surface area contributed by atoms with Gasteiger partial charge in [-0.3, -0.25) is 62.5 Å². The van der Waals surface area contributed by atoms with Crippen LogP contribution in [0.1, 0.15) is 116 Å². The van der Waals surface area contributed by atoms with E-state index in [1.54, 1.807) is 58.0 Å². The van der Waals surface area contributed by atoms with Crippen molar-refractivity contribution in [2.24, 2.45) is 39.8 Å². The number of nitrogens with two attached hydrogens (primary N) is 4. The molecule has 0 unspecified atom stereocenters. The largest absolute Gasteiger partial charge is 0.508 e. The number of carboxylic acid groups (broad SMARTS) is 3. The lowest BCUT2D eigenvalue weighted by atomic mass is 10.0. The number of carbonyl (C=O) groups excluding carboxylic acids is 10. The number of nitrogens with zero attached hydrogens (tertiary/aromatic N) is 2. The molecule has 91 heavy (non-hydrogen) atoms. The van der Waals surface area contributed by atoms with Crippen LogP contribution >= 0.6 is 0 Å². The number of hydrogen-bond acceptors (Lipinski definition) is 17. The molecule has 3 rings (SSSR count). The summed E-state index contributed by atoms with van der Waals surface area (Å²) >= 11 is 0. The number of hydrogen-bond donors (Lipinski definition) is 17. The van der Waals surface area contributed by atoms with Crippen molar-refractivity contribution in [3.8, 4) is 5.75 Å². The summed E-state index contributed by atoms with van der Waals surface area (Å²) < 4.78 is 0. The summed E-state index contributed by atoms with van der Waals surface area (Å²) in [5.41, 5.74) is 23.2. The number of primary amides is 1. The minimum atomic E-state index is -2.07. The highest BCUT2D eigenvalue weighted by Crippen LogP contribution is 2.22. The van der Waals surface area contributed by atoms with Crippen LogP contribution in [0, 0.1) is 11.8 Å². The van der Waals surface area contributed by atoms with Gasteiger partial charge in [0.25, 0.3) is 0 Å². The first-order chi connectivity index (χ1) is 42.8. The molecule has 21 N–H and O–H groups in total. The molecule has 32 heteroatoms. The highest BCUT2D eigenvalue weighted by Gasteiger charge is 2.41. The molecule has 1 heterocycles. The lowest BCUT2D eigenvalue weighted by Gasteiger charge is -2.31. The van der Waals surface area contributed by atoms with Gasteiger partial charge in [0.2, 0.25) is 59.1 Å². The zero-order valence-electron chi connectivity index (χ0n) is 51.6. The Balaban J connectivity index is 2.01. The predicted molar refractivity (Wildman–Crippen MR) is 326 cm³/mol. The number of carboxylic acids is 3. The zero-order valence-corrected chi connectivity index (χ0v) is 51.6. The molecular weight excluding hydrogens is 1190 g/mol. The second-order valence-electron chi connectivity index (χ2n) is 23.1. The number of benzene rings is 2. The van der Waals surface area contributed by atoms with Gasteiger partial charge in [0.15, 0.2) is 12.0 Å². The standard InChI is InChI=1S/C59H88N14O18/c1-30(2)25-36(60)49(81)65-38(19-21-45(61)76)51(83)69-41(27-34-15-17-35(75)18-16-34)53(85)70-42(29-47(79)80)54(86)66-39(20-22-46(77)78)52(84)71-43(28-33-11-7-6-8-12-33)57(89)73-24-10-14-44(73)56(88)67-37(13-9-23-64-59(62)63)50(82)68-40(26-31(3)4)55(87)72-48(32(5)74)58(90)91/h6-8,11-12,15-18,30-32,36-44,48,74-75H,9-10,13-14,19-29,60H2,1-5H3,(H2,61,76)(H,65,81)(H,66,86)(H,67,88)(H,68,82)(H,69,83)(H,70,85)(H,71,84)(H,72,87)(H,77,78)(H,79,80)(H,90,91)(H4,62,63,64)/t32-,36+,37+,38+,39+,40+,41+,42+,43+,44+,48+/m1/s1. The minimum Gasteiger partial charge on any atom is -0.508 e. The first kappa shape index (κ1) is 75.8. The van der Waals surface area contributed by atoms with E-state index >= 15 is 0 Å². The molecule has 502 valence electrons. The molecule has 0 bridgehead atoms. The summed E-state index contributed by atoms with van der Waals surface area (Å²) in [5, 5.41) is 68.9. The number of phenolic OH excluding ortho intramolecular Hbond substituents is 1. The first-order valence-electron chi connectivity index (χ1n) is 29.8. The Morgan fingerprint density at radius 3 is 1.58 bits per heavy atom. The van der Waals surface area contributed by atoms with E-state index in [4.69, 9.17) is 22.9 Å². The number of guanidine groups is 1. The summed E-state index contributed by atoms with van der Waals surface area (Å²) in [6.07, 6.45) is -5.12. The third kappa shape index (κ3) is 27.0. The molecule has 1 fully saturated rings. The van der Waals surface area contributed by atoms with E-state index in [0.29, 0.717) is 11.1 Å². The van der Waals surface area contributed by atoms with Crippen molar-refractivity contribution >= 4 is 82.9 Å². The van der Waals surface area contributed by atoms with Crippen molar-refractivity contribution < 1.29 is 87.9 Å². The fourth-order valence-electron chi connectivity index (χ4n) is 9.75. The second-order valence-corrected chi connectivity index (χ2v) is 23.1. The molecule has 1 saturated heterocycles.